The molecule has 0 spiro atoms. The zero-order chi connectivity index (χ0) is 13.8. The van der Waals surface area contributed by atoms with E-state index in [0.29, 0.717) is 5.56 Å². The molecule has 0 heterocycles. The fourth-order valence-electron chi connectivity index (χ4n) is 1.26. The van der Waals surface area contributed by atoms with E-state index in [1.54, 1.807) is 36.8 Å². The third-order valence-corrected chi connectivity index (χ3v) is 2.94. The van der Waals surface area contributed by atoms with Crippen LogP contribution in [0.1, 0.15) is 12.5 Å². The molecule has 4 N–H and O–H groups in total. The smallest absolute Gasteiger partial charge is 0.422 e. The minimum Gasteiger partial charge on any atom is -0.449 e. The Morgan fingerprint density at radius 2 is 2.11 bits per heavy atom. The number of nitrogens with two attached hydrogens (primary N) is 1. The molecule has 0 aromatic heterocycles. The summed E-state index contributed by atoms with van der Waals surface area (Å²) in [4.78, 5) is 11.0. The van der Waals surface area contributed by atoms with E-state index in [1.165, 1.54) is 0 Å². The highest BCUT2D eigenvalue weighted by Crippen LogP contribution is 2.23. The molecule has 1 aromatic carbocycles. The summed E-state index contributed by atoms with van der Waals surface area (Å²) in [5, 5.41) is 0. The van der Waals surface area contributed by atoms with Gasteiger partial charge in [0, 0.05) is 0 Å². The number of carbonyl (C=O) groups is 1. The molecule has 7 nitrogen and oxygen atoms in total. The first-order valence-corrected chi connectivity index (χ1v) is 6.66. The quantitative estimate of drug-likeness (QED) is 0.708. The molecule has 18 heavy (non-hydrogen) atoms. The summed E-state index contributed by atoms with van der Waals surface area (Å²) < 4.78 is 31.6. The van der Waals surface area contributed by atoms with Crippen LogP contribution in [0, 0.1) is 6.92 Å². The Balaban J connectivity index is 2.86. The second-order valence-corrected chi connectivity index (χ2v) is 4.88. The minimum atomic E-state index is -4.06. The number of hydrogen-bond acceptors (Lipinski definition) is 5. The lowest BCUT2D eigenvalue weighted by atomic mass is 10.2. The van der Waals surface area contributed by atoms with Gasteiger partial charge in [0.25, 0.3) is 0 Å². The number of nitrogen functional groups attached to an aromatic ring is 1. The van der Waals surface area contributed by atoms with Crippen molar-refractivity contribution in [3.05, 3.63) is 23.8 Å². The topological polar surface area (TPSA) is 111 Å². The van der Waals surface area contributed by atoms with Gasteiger partial charge in [-0.05, 0) is 25.5 Å². The number of amides is 1. The Labute approximate surface area is 106 Å². The first kappa shape index (κ1) is 14.1. The molecule has 1 amide bonds. The predicted octanol–water partition coefficient (Wildman–Crippen LogP) is 0.980. The molecule has 0 saturated carbocycles. The fourth-order valence-corrected chi connectivity index (χ4v) is 2.14. The Hall–Kier alpha value is -1.96. The first-order chi connectivity index (χ1) is 8.35. The van der Waals surface area contributed by atoms with Crippen LogP contribution in [0.5, 0.6) is 0 Å². The van der Waals surface area contributed by atoms with E-state index in [0.717, 1.165) is 0 Å². The van der Waals surface area contributed by atoms with Crippen molar-refractivity contribution in [3.8, 4) is 0 Å². The summed E-state index contributed by atoms with van der Waals surface area (Å²) in [5.74, 6) is 0. The molecular formula is C10H15N3O4S. The second-order valence-electron chi connectivity index (χ2n) is 3.47. The third-order valence-electron chi connectivity index (χ3n) is 2.03. The highest BCUT2D eigenvalue weighted by molar-refractivity contribution is 7.91. The van der Waals surface area contributed by atoms with Gasteiger partial charge in [-0.25, -0.2) is 9.52 Å². The molecule has 8 heteroatoms. The van der Waals surface area contributed by atoms with E-state index in [4.69, 9.17) is 5.73 Å². The summed E-state index contributed by atoms with van der Waals surface area (Å²) >= 11 is 0. The van der Waals surface area contributed by atoms with Crippen LogP contribution in [0.4, 0.5) is 16.2 Å². The maximum absolute atomic E-state index is 11.6. The molecule has 0 fully saturated rings. The van der Waals surface area contributed by atoms with Crippen LogP contribution in [0.3, 0.4) is 0 Å². The molecule has 0 radical (unpaired) electrons. The van der Waals surface area contributed by atoms with Crippen LogP contribution in [-0.4, -0.2) is 21.1 Å². The maximum Gasteiger partial charge on any atom is 0.422 e. The van der Waals surface area contributed by atoms with Crippen molar-refractivity contribution >= 4 is 27.7 Å². The van der Waals surface area contributed by atoms with E-state index in [2.05, 4.69) is 9.46 Å². The average molecular weight is 273 g/mol. The van der Waals surface area contributed by atoms with Gasteiger partial charge in [0.05, 0.1) is 18.0 Å². The van der Waals surface area contributed by atoms with Crippen molar-refractivity contribution in [3.63, 3.8) is 0 Å². The van der Waals surface area contributed by atoms with Gasteiger partial charge in [-0.3, -0.25) is 4.72 Å². The van der Waals surface area contributed by atoms with Crippen LogP contribution in [0.15, 0.2) is 18.2 Å². The Morgan fingerprint density at radius 1 is 1.44 bits per heavy atom. The number of para-hydroxylation sites is 1. The van der Waals surface area contributed by atoms with Crippen molar-refractivity contribution in [2.75, 3.05) is 17.1 Å². The van der Waals surface area contributed by atoms with Crippen LogP contribution in [0.2, 0.25) is 0 Å². The Bertz CT molecular complexity index is 522. The predicted molar refractivity (Wildman–Crippen MR) is 68.3 cm³/mol. The van der Waals surface area contributed by atoms with Crippen molar-refractivity contribution < 1.29 is 17.9 Å². The van der Waals surface area contributed by atoms with E-state index < -0.39 is 16.3 Å². The number of rotatable bonds is 4. The monoisotopic (exact) mass is 273 g/mol. The average Bonchev–Trinajstić information content (AvgIpc) is 2.23. The molecule has 100 valence electrons. The summed E-state index contributed by atoms with van der Waals surface area (Å²) in [6, 6.07) is 4.94. The van der Waals surface area contributed by atoms with Gasteiger partial charge in [-0.1, -0.05) is 12.1 Å². The van der Waals surface area contributed by atoms with Crippen molar-refractivity contribution in [2.45, 2.75) is 13.8 Å². The van der Waals surface area contributed by atoms with Crippen LogP contribution in [-0.2, 0) is 14.9 Å². The largest absolute Gasteiger partial charge is 0.449 e. The van der Waals surface area contributed by atoms with E-state index in [-0.39, 0.29) is 18.0 Å². The number of ether oxygens (including phenoxy) is 1. The van der Waals surface area contributed by atoms with Crippen molar-refractivity contribution in [1.29, 1.82) is 0 Å². The number of benzene rings is 1. The molecule has 0 aliphatic rings. The van der Waals surface area contributed by atoms with Gasteiger partial charge in [0.2, 0.25) is 0 Å². The van der Waals surface area contributed by atoms with Crippen LogP contribution >= 0.6 is 0 Å². The molecule has 0 aliphatic carbocycles. The Morgan fingerprint density at radius 3 is 2.67 bits per heavy atom. The maximum atomic E-state index is 11.6. The molecular weight excluding hydrogens is 258 g/mol. The number of anilines is 2. The van der Waals surface area contributed by atoms with Crippen LogP contribution in [0.25, 0.3) is 0 Å². The first-order valence-electron chi connectivity index (χ1n) is 5.18. The Kier molecular flexibility index (Phi) is 4.38. The lowest BCUT2D eigenvalue weighted by Crippen LogP contribution is -2.36. The molecule has 1 aromatic rings. The highest BCUT2D eigenvalue weighted by Gasteiger charge is 2.17. The zero-order valence-corrected chi connectivity index (χ0v) is 10.9. The summed E-state index contributed by atoms with van der Waals surface area (Å²) in [6.07, 6.45) is -1.04. The van der Waals surface area contributed by atoms with Gasteiger partial charge in [-0.2, -0.15) is 8.42 Å². The van der Waals surface area contributed by atoms with Gasteiger partial charge >= 0.3 is 16.3 Å². The highest BCUT2D eigenvalue weighted by atomic mass is 32.2. The lowest BCUT2D eigenvalue weighted by molar-refractivity contribution is 0.159. The lowest BCUT2D eigenvalue weighted by Gasteiger charge is -2.13. The SMILES string of the molecule is CCOC(=O)NS(=O)(=O)Nc1c(C)cccc1N. The van der Waals surface area contributed by atoms with Gasteiger partial charge < -0.3 is 10.5 Å². The molecule has 0 saturated heterocycles. The van der Waals surface area contributed by atoms with Crippen LogP contribution < -0.4 is 15.2 Å². The third kappa shape index (κ3) is 3.81. The molecule has 0 atom stereocenters. The summed E-state index contributed by atoms with van der Waals surface area (Å²) in [6.45, 7) is 3.34. The number of hydrogen-bond donors (Lipinski definition) is 3. The molecule has 0 bridgehead atoms. The van der Waals surface area contributed by atoms with Crippen molar-refractivity contribution in [2.24, 2.45) is 0 Å². The normalized spacial score (nSPS) is 10.8. The minimum absolute atomic E-state index is 0.0772. The standard InChI is InChI=1S/C10H15N3O4S/c1-3-17-10(14)13-18(15,16)12-9-7(2)5-4-6-8(9)11/h4-6,12H,3,11H2,1-2H3,(H,13,14). The number of aryl methyl sites for hydroxylation is 1. The van der Waals surface area contributed by atoms with E-state index >= 15 is 0 Å². The molecule has 0 unspecified atom stereocenters. The summed E-state index contributed by atoms with van der Waals surface area (Å²) in [5.41, 5.74) is 6.79. The van der Waals surface area contributed by atoms with Gasteiger partial charge in [0.1, 0.15) is 0 Å². The number of nitrogens with one attached hydrogen (secondary N) is 2. The number of carbonyl (C=O) groups excluding carboxylic acids is 1. The fraction of sp³-hybridized carbons (Fsp3) is 0.300. The second kappa shape index (κ2) is 5.58. The summed E-state index contributed by atoms with van der Waals surface area (Å²) in [7, 11) is -4.06. The van der Waals surface area contributed by atoms with Gasteiger partial charge in [-0.15, -0.1) is 0 Å². The molecule has 0 aliphatic heterocycles. The van der Waals surface area contributed by atoms with E-state index in [1.807, 2.05) is 0 Å². The van der Waals surface area contributed by atoms with Crippen molar-refractivity contribution in [1.82, 2.24) is 4.72 Å². The van der Waals surface area contributed by atoms with E-state index in [9.17, 15) is 13.2 Å². The molecule has 1 rings (SSSR count). The van der Waals surface area contributed by atoms with Gasteiger partial charge in [0.15, 0.2) is 0 Å². The zero-order valence-electron chi connectivity index (χ0n) is 10.1.